The van der Waals surface area contributed by atoms with E-state index in [9.17, 15) is 0 Å². The van der Waals surface area contributed by atoms with Crippen LogP contribution in [-0.2, 0) is 6.54 Å². The molecule has 5 heteroatoms. The van der Waals surface area contributed by atoms with Crippen LogP contribution in [0.3, 0.4) is 0 Å². The number of hydrogen-bond donors (Lipinski definition) is 2. The van der Waals surface area contributed by atoms with E-state index in [1.54, 1.807) is 7.11 Å². The van der Waals surface area contributed by atoms with Gasteiger partial charge in [0, 0.05) is 19.6 Å². The van der Waals surface area contributed by atoms with Gasteiger partial charge in [-0.2, -0.15) is 0 Å². The maximum atomic E-state index is 5.91. The van der Waals surface area contributed by atoms with Crippen molar-refractivity contribution < 1.29 is 4.74 Å². The minimum Gasteiger partial charge on any atom is -0.497 e. The number of benzene rings is 1. The van der Waals surface area contributed by atoms with Crippen LogP contribution in [0, 0.1) is 11.8 Å². The monoisotopic (exact) mass is 332 g/mol. The van der Waals surface area contributed by atoms with Gasteiger partial charge in [0.05, 0.1) is 7.11 Å². The van der Waals surface area contributed by atoms with Gasteiger partial charge in [-0.1, -0.05) is 26.0 Å². The summed E-state index contributed by atoms with van der Waals surface area (Å²) in [7, 11) is 1.70. The van der Waals surface area contributed by atoms with Crippen LogP contribution in [0.1, 0.15) is 32.3 Å². The second-order valence-corrected chi connectivity index (χ2v) is 7.07. The number of nitrogens with one attached hydrogen (secondary N) is 1. The molecule has 0 unspecified atom stereocenters. The predicted octanol–water partition coefficient (Wildman–Crippen LogP) is 2.47. The summed E-state index contributed by atoms with van der Waals surface area (Å²) in [6, 6.07) is 8.37. The molecule has 0 radical (unpaired) electrons. The lowest BCUT2D eigenvalue weighted by Crippen LogP contribution is -2.40. The fourth-order valence-corrected chi connectivity index (χ4v) is 2.92. The molecule has 0 amide bonds. The van der Waals surface area contributed by atoms with Gasteiger partial charge in [0.1, 0.15) is 5.75 Å². The fourth-order valence-electron chi connectivity index (χ4n) is 2.92. The van der Waals surface area contributed by atoms with Crippen molar-refractivity contribution in [3.05, 3.63) is 29.8 Å². The molecule has 2 rings (SSSR count). The first-order valence-corrected chi connectivity index (χ1v) is 8.96. The van der Waals surface area contributed by atoms with Gasteiger partial charge in [-0.3, -0.25) is 9.89 Å². The zero-order chi connectivity index (χ0) is 17.4. The molecular weight excluding hydrogens is 300 g/mol. The molecule has 1 saturated heterocycles. The Morgan fingerprint density at radius 1 is 1.29 bits per heavy atom. The van der Waals surface area contributed by atoms with E-state index >= 15 is 0 Å². The summed E-state index contributed by atoms with van der Waals surface area (Å²) in [5, 5.41) is 3.28. The van der Waals surface area contributed by atoms with Gasteiger partial charge >= 0.3 is 0 Å². The summed E-state index contributed by atoms with van der Waals surface area (Å²) in [6.45, 7) is 9.32. The number of methoxy groups -OCH3 is 1. The molecule has 134 valence electrons. The highest BCUT2D eigenvalue weighted by molar-refractivity contribution is 5.77. The molecule has 0 aromatic heterocycles. The average molecular weight is 332 g/mol. The zero-order valence-corrected chi connectivity index (χ0v) is 15.3. The van der Waals surface area contributed by atoms with E-state index in [2.05, 4.69) is 41.2 Å². The second-order valence-electron chi connectivity index (χ2n) is 7.07. The Kier molecular flexibility index (Phi) is 7.37. The number of nitrogens with two attached hydrogens (primary N) is 1. The quantitative estimate of drug-likeness (QED) is 0.595. The number of likely N-dealkylation sites (tertiary alicyclic amines) is 1. The van der Waals surface area contributed by atoms with E-state index in [0.717, 1.165) is 38.5 Å². The fraction of sp³-hybridized carbons (Fsp3) is 0.632. The van der Waals surface area contributed by atoms with Crippen LogP contribution < -0.4 is 15.8 Å². The summed E-state index contributed by atoms with van der Waals surface area (Å²) < 4.78 is 5.21. The first-order chi connectivity index (χ1) is 11.6. The molecule has 3 N–H and O–H groups in total. The predicted molar refractivity (Wildman–Crippen MR) is 100 cm³/mol. The lowest BCUT2D eigenvalue weighted by Gasteiger charge is -2.32. The Labute approximate surface area is 146 Å². The Morgan fingerprint density at radius 3 is 2.54 bits per heavy atom. The van der Waals surface area contributed by atoms with E-state index in [4.69, 9.17) is 10.5 Å². The van der Waals surface area contributed by atoms with Crippen LogP contribution in [0.4, 0.5) is 0 Å². The number of nitrogens with zero attached hydrogens (tertiary/aromatic N) is 2. The molecule has 0 spiro atoms. The van der Waals surface area contributed by atoms with Crippen molar-refractivity contribution in [1.29, 1.82) is 0 Å². The van der Waals surface area contributed by atoms with Crippen LogP contribution in [0.2, 0.25) is 0 Å². The Hall–Kier alpha value is -1.75. The summed E-state index contributed by atoms with van der Waals surface area (Å²) >= 11 is 0. The molecule has 0 aliphatic carbocycles. The molecule has 0 atom stereocenters. The van der Waals surface area contributed by atoms with Gasteiger partial charge in [0.2, 0.25) is 0 Å². The second kappa shape index (κ2) is 9.52. The van der Waals surface area contributed by atoms with E-state index in [1.807, 2.05) is 12.1 Å². The third-order valence-electron chi connectivity index (χ3n) is 4.47. The van der Waals surface area contributed by atoms with E-state index in [0.29, 0.717) is 17.8 Å². The lowest BCUT2D eigenvalue weighted by molar-refractivity contribution is 0.178. The van der Waals surface area contributed by atoms with E-state index in [-0.39, 0.29) is 0 Å². The minimum atomic E-state index is 0.548. The Bertz CT molecular complexity index is 505. The average Bonchev–Trinajstić information content (AvgIpc) is 2.60. The molecule has 1 aromatic carbocycles. The van der Waals surface area contributed by atoms with Gasteiger partial charge in [0.15, 0.2) is 5.96 Å². The highest BCUT2D eigenvalue weighted by Gasteiger charge is 2.19. The van der Waals surface area contributed by atoms with Crippen molar-refractivity contribution >= 4 is 5.96 Å². The maximum absolute atomic E-state index is 5.91. The molecule has 0 bridgehead atoms. The van der Waals surface area contributed by atoms with Crippen molar-refractivity contribution in [1.82, 2.24) is 10.2 Å². The summed E-state index contributed by atoms with van der Waals surface area (Å²) in [5.41, 5.74) is 7.26. The number of hydrogen-bond acceptors (Lipinski definition) is 3. The van der Waals surface area contributed by atoms with Gasteiger partial charge in [-0.25, -0.2) is 0 Å². The molecule has 5 nitrogen and oxygen atoms in total. The molecule has 0 saturated carbocycles. The number of ether oxygens (including phenoxy) is 1. The molecular formula is C19H32N4O. The SMILES string of the molecule is COc1ccc(CN2CCC(CNC(N)=NCC(C)C)CC2)cc1. The number of aliphatic imine (C=N–C) groups is 1. The smallest absolute Gasteiger partial charge is 0.188 e. The lowest BCUT2D eigenvalue weighted by atomic mass is 9.96. The molecule has 1 fully saturated rings. The third-order valence-corrected chi connectivity index (χ3v) is 4.47. The maximum Gasteiger partial charge on any atom is 0.188 e. The summed E-state index contributed by atoms with van der Waals surface area (Å²) in [4.78, 5) is 6.88. The zero-order valence-electron chi connectivity index (χ0n) is 15.3. The van der Waals surface area contributed by atoms with Gasteiger partial charge in [-0.15, -0.1) is 0 Å². The van der Waals surface area contributed by atoms with Crippen LogP contribution >= 0.6 is 0 Å². The first kappa shape index (κ1) is 18.6. The van der Waals surface area contributed by atoms with Crippen molar-refractivity contribution in [3.63, 3.8) is 0 Å². The number of piperidine rings is 1. The van der Waals surface area contributed by atoms with Crippen LogP contribution in [0.5, 0.6) is 5.75 Å². The topological polar surface area (TPSA) is 62.9 Å². The highest BCUT2D eigenvalue weighted by Crippen LogP contribution is 2.19. The van der Waals surface area contributed by atoms with Crippen molar-refractivity contribution in [2.45, 2.75) is 33.2 Å². The van der Waals surface area contributed by atoms with Gasteiger partial charge in [0.25, 0.3) is 0 Å². The van der Waals surface area contributed by atoms with Gasteiger partial charge in [-0.05, 0) is 55.5 Å². The Morgan fingerprint density at radius 2 is 1.96 bits per heavy atom. The molecule has 1 aliphatic rings. The molecule has 1 heterocycles. The van der Waals surface area contributed by atoms with Crippen LogP contribution in [-0.4, -0.2) is 44.1 Å². The molecule has 1 aliphatic heterocycles. The van der Waals surface area contributed by atoms with Crippen LogP contribution in [0.15, 0.2) is 29.3 Å². The number of guanidine groups is 1. The largest absolute Gasteiger partial charge is 0.497 e. The molecule has 1 aromatic rings. The van der Waals surface area contributed by atoms with E-state index < -0.39 is 0 Å². The normalized spacial score (nSPS) is 17.2. The molecule has 24 heavy (non-hydrogen) atoms. The van der Waals surface area contributed by atoms with Crippen LogP contribution in [0.25, 0.3) is 0 Å². The first-order valence-electron chi connectivity index (χ1n) is 8.96. The van der Waals surface area contributed by atoms with Gasteiger partial charge < -0.3 is 15.8 Å². The van der Waals surface area contributed by atoms with Crippen molar-refractivity contribution in [2.24, 2.45) is 22.6 Å². The highest BCUT2D eigenvalue weighted by atomic mass is 16.5. The van der Waals surface area contributed by atoms with E-state index in [1.165, 1.54) is 18.4 Å². The summed E-state index contributed by atoms with van der Waals surface area (Å²) in [6.07, 6.45) is 2.42. The van der Waals surface area contributed by atoms with Crippen molar-refractivity contribution in [2.75, 3.05) is 33.3 Å². The Balaban J connectivity index is 1.68. The number of rotatable bonds is 7. The standard InChI is InChI=1S/C19H32N4O/c1-15(2)12-21-19(20)22-13-16-8-10-23(11-9-16)14-17-4-6-18(24-3)7-5-17/h4-7,15-16H,8-14H2,1-3H3,(H3,20,21,22). The summed E-state index contributed by atoms with van der Waals surface area (Å²) in [5.74, 6) is 2.74. The third kappa shape index (κ3) is 6.40. The minimum absolute atomic E-state index is 0.548. The van der Waals surface area contributed by atoms with Crippen molar-refractivity contribution in [3.8, 4) is 5.75 Å².